The van der Waals surface area contributed by atoms with Crippen LogP contribution in [0, 0.1) is 11.6 Å². The minimum absolute atomic E-state index is 0. The van der Waals surface area contributed by atoms with Gasteiger partial charge in [0.1, 0.15) is 23.2 Å². The van der Waals surface area contributed by atoms with Crippen LogP contribution < -0.4 is 16.4 Å². The van der Waals surface area contributed by atoms with E-state index in [9.17, 15) is 47.1 Å². The van der Waals surface area contributed by atoms with E-state index in [0.717, 1.165) is 17.0 Å². The Morgan fingerprint density at radius 3 is 1.56 bits per heavy atom. The van der Waals surface area contributed by atoms with Gasteiger partial charge < -0.3 is 10.5 Å². The lowest BCUT2D eigenvalue weighted by atomic mass is 10.0. The summed E-state index contributed by atoms with van der Waals surface area (Å²) in [6.07, 6.45) is 0.932. The number of cyclic esters (lactones) is 2. The summed E-state index contributed by atoms with van der Waals surface area (Å²) in [6, 6.07) is 6.01. The maximum atomic E-state index is 13.7. The number of nitrogens with one attached hydrogen (secondary N) is 2. The second kappa shape index (κ2) is 25.4. The fraction of sp³-hybridized carbons (Fsp3) is 0.231. The van der Waals surface area contributed by atoms with Crippen molar-refractivity contribution in [1.29, 1.82) is 0 Å². The normalized spacial score (nSPS) is 17.4. The van der Waals surface area contributed by atoms with E-state index in [-0.39, 0.29) is 59.3 Å². The molecule has 2 aromatic rings. The Labute approximate surface area is 357 Å². The van der Waals surface area contributed by atoms with Gasteiger partial charge in [0.2, 0.25) is 23.6 Å². The highest BCUT2D eigenvalue weighted by atomic mass is 35.5. The first kappa shape index (κ1) is 49.1. The summed E-state index contributed by atoms with van der Waals surface area (Å²) in [7, 11) is 18.1. The highest BCUT2D eigenvalue weighted by molar-refractivity contribution is 8.75. The lowest BCUT2D eigenvalue weighted by Gasteiger charge is -2.27. The Morgan fingerprint density at radius 2 is 1.11 bits per heavy atom. The summed E-state index contributed by atoms with van der Waals surface area (Å²) in [6.45, 7) is 0. The molecule has 0 radical (unpaired) electrons. The smallest absolute Gasteiger partial charge is 0.349 e. The van der Waals surface area contributed by atoms with Crippen molar-refractivity contribution >= 4 is 180 Å². The Morgan fingerprint density at radius 1 is 0.636 bits per heavy atom. The zero-order valence-corrected chi connectivity index (χ0v) is 38.0. The molecule has 4 N–H and O–H groups in total. The van der Waals surface area contributed by atoms with Gasteiger partial charge in [-0.3, -0.25) is 44.3 Å². The molecule has 55 heavy (non-hydrogen) atoms. The van der Waals surface area contributed by atoms with Crippen LogP contribution in [-0.2, 0) is 144 Å². The molecular weight excluding hydrogens is 1000 g/mol. The number of halogens is 3. The number of ether oxygens (including phenoxy) is 1. The van der Waals surface area contributed by atoms with Gasteiger partial charge in [-0.15, -0.1) is 12.4 Å². The second-order valence-electron chi connectivity index (χ2n) is 9.76. The van der Waals surface area contributed by atoms with Crippen LogP contribution in [0.4, 0.5) is 8.78 Å². The van der Waals surface area contributed by atoms with Crippen LogP contribution in [0.2, 0.25) is 0 Å². The van der Waals surface area contributed by atoms with E-state index >= 15 is 0 Å². The molecule has 0 spiro atoms. The highest BCUT2D eigenvalue weighted by Gasteiger charge is 2.45. The van der Waals surface area contributed by atoms with Crippen LogP contribution >= 0.6 is 12.4 Å². The average Bonchev–Trinajstić information content (AvgIpc) is 3.58. The van der Waals surface area contributed by atoms with Crippen LogP contribution in [0.15, 0.2) is 36.4 Å². The molecule has 0 bridgehead atoms. The first-order chi connectivity index (χ1) is 25.8. The number of imide groups is 3. The van der Waals surface area contributed by atoms with Gasteiger partial charge in [-0.1, -0.05) is 12.1 Å². The second-order valence-corrected chi connectivity index (χ2v) is 29.2. The Bertz CT molecular complexity index is 2410. The molecule has 0 saturated carbocycles. The van der Waals surface area contributed by atoms with Crippen LogP contribution in [0.3, 0.4) is 0 Å². The number of nitrogens with zero attached hydrogens (tertiary/aromatic N) is 1. The standard InChI is InChI=1S/C13H9FN2O4.C8H3FO3.C5H8N2O2.ClH.S13/c14-7-3-1-2-6-10(7)13(20)16(12(6)19)8-4-5-9(17)15-11(8)18;9-5-3-1-2-4-6(5)8(11)12-7(4)10;6-3-1-2-4(8)7-5(3)9;;1-3-5-7-9-11-13-12-10-8-6-4-2/h1-3,8H,4-5H2,(H,15,17,18);1-3H;3H,1-2,6H2,(H,7,8,9);1H;. The zero-order chi connectivity index (χ0) is 39.8. The summed E-state index contributed by atoms with van der Waals surface area (Å²) in [5, 5.41) is 4.20. The third-order valence-electron chi connectivity index (χ3n) is 6.60. The van der Waals surface area contributed by atoms with Crippen molar-refractivity contribution < 1.29 is 51.9 Å². The van der Waals surface area contributed by atoms with Gasteiger partial charge in [-0.2, -0.15) is 0 Å². The lowest BCUT2D eigenvalue weighted by Crippen LogP contribution is -2.54. The van der Waals surface area contributed by atoms with Crippen molar-refractivity contribution in [2.75, 3.05) is 0 Å². The molecule has 29 heteroatoms. The van der Waals surface area contributed by atoms with E-state index in [1.807, 2.05) is 0 Å². The van der Waals surface area contributed by atoms with Crippen molar-refractivity contribution in [2.45, 2.75) is 37.8 Å². The fourth-order valence-corrected chi connectivity index (χ4v) is 29.1. The van der Waals surface area contributed by atoms with E-state index in [4.69, 9.17) is 28.1 Å². The minimum Gasteiger partial charge on any atom is -0.386 e. The van der Waals surface area contributed by atoms with Crippen molar-refractivity contribution in [3.05, 3.63) is 70.3 Å². The Balaban J connectivity index is 0.000000264. The number of carbonyl (C=O) groups excluding carboxylic acids is 8. The van der Waals surface area contributed by atoms with Crippen molar-refractivity contribution in [1.82, 2.24) is 15.5 Å². The number of piperidine rings is 2. The lowest BCUT2D eigenvalue weighted by molar-refractivity contribution is -0.137. The van der Waals surface area contributed by atoms with Crippen LogP contribution in [0.1, 0.15) is 67.1 Å². The van der Waals surface area contributed by atoms with Crippen molar-refractivity contribution in [3.63, 3.8) is 0 Å². The molecule has 4 aliphatic heterocycles. The third-order valence-corrected chi connectivity index (χ3v) is 28.8. The van der Waals surface area contributed by atoms with E-state index < -0.39 is 59.3 Å². The first-order valence-corrected chi connectivity index (χ1v) is 30.0. The summed E-state index contributed by atoms with van der Waals surface area (Å²) in [5.41, 5.74) is 4.64. The van der Waals surface area contributed by atoms with E-state index in [0.29, 0.717) is 12.8 Å². The number of hydrogen-bond donors (Lipinski definition) is 3. The number of nitrogens with two attached hydrogens (primary N) is 1. The molecule has 4 aliphatic rings. The molecule has 4 heterocycles. The molecule has 0 aliphatic carbocycles. The number of carbonyl (C=O) groups is 8. The predicted octanol–water partition coefficient (Wildman–Crippen LogP) is 0.504. The van der Waals surface area contributed by atoms with Crippen LogP contribution in [0.5, 0.6) is 0 Å². The number of rotatable bonds is 1. The largest absolute Gasteiger partial charge is 0.386 e. The highest BCUT2D eigenvalue weighted by Crippen LogP contribution is 2.29. The number of hydrogen-bond acceptors (Lipinski definition) is 12. The zero-order valence-electron chi connectivity index (χ0n) is 26.6. The van der Waals surface area contributed by atoms with E-state index in [2.05, 4.69) is 15.4 Å². The maximum Gasteiger partial charge on any atom is 0.349 e. The monoisotopic (exact) mass is 1020 g/mol. The minimum atomic E-state index is -1.07. The Kier molecular flexibility index (Phi) is 22.6. The van der Waals surface area contributed by atoms with Gasteiger partial charge >= 0.3 is 11.9 Å². The summed E-state index contributed by atoms with van der Waals surface area (Å²) in [5.74, 6) is -6.49. The van der Waals surface area contributed by atoms with Gasteiger partial charge in [0, 0.05) is 133 Å². The summed E-state index contributed by atoms with van der Waals surface area (Å²) >= 11 is 9.40. The SMILES string of the molecule is Cl.NC1CCC(=O)NC1=O.O=C1CCC(N2C(=O)c3cccc(F)c3C2=O)C(=O)N1.O=C1OC(=O)c2c(F)cccc21.S=S=S=S=S=S=S=S=S=S=S=S=S. The molecule has 2 saturated heterocycles. The first-order valence-electron chi connectivity index (χ1n) is 14.0. The topological polar surface area (TPSA) is 199 Å². The van der Waals surface area contributed by atoms with Crippen molar-refractivity contribution in [2.24, 2.45) is 5.73 Å². The van der Waals surface area contributed by atoms with Gasteiger partial charge in [0.15, 0.2) is 0 Å². The van der Waals surface area contributed by atoms with E-state index in [1.54, 1.807) is 79.9 Å². The third kappa shape index (κ3) is 14.7. The number of fused-ring (bicyclic) bond motifs is 2. The molecule has 0 aromatic heterocycles. The van der Waals surface area contributed by atoms with Gasteiger partial charge in [-0.05, 0) is 37.1 Å². The molecule has 298 valence electrons. The number of benzene rings is 2. The molecule has 6 amide bonds. The molecular formula is C26H21ClF2N4O9S13. The van der Waals surface area contributed by atoms with Gasteiger partial charge in [-0.25, -0.2) is 18.4 Å². The predicted molar refractivity (Wildman–Crippen MR) is 233 cm³/mol. The Hall–Kier alpha value is -2.03. The van der Waals surface area contributed by atoms with Crippen molar-refractivity contribution in [3.8, 4) is 0 Å². The number of esters is 2. The average molecular weight is 1020 g/mol. The van der Waals surface area contributed by atoms with Crippen LogP contribution in [-0.4, -0.2) is 64.4 Å². The number of amides is 6. The maximum absolute atomic E-state index is 13.7. The van der Waals surface area contributed by atoms with Gasteiger partial charge in [0.05, 0.1) is 22.7 Å². The fourth-order valence-electron chi connectivity index (χ4n) is 4.38. The van der Waals surface area contributed by atoms with Gasteiger partial charge in [0.25, 0.3) is 11.8 Å². The molecule has 2 unspecified atom stereocenters. The molecule has 13 nitrogen and oxygen atoms in total. The summed E-state index contributed by atoms with van der Waals surface area (Å²) in [4.78, 5) is 90.5. The molecule has 6 rings (SSSR count). The quantitative estimate of drug-likeness (QED) is 0.204. The molecule has 2 fully saturated rings. The molecule has 2 atom stereocenters. The van der Waals surface area contributed by atoms with Crippen LogP contribution in [0.25, 0.3) is 0 Å². The summed E-state index contributed by atoms with van der Waals surface area (Å²) < 4.78 is 30.7. The molecule has 2 aromatic carbocycles. The van der Waals surface area contributed by atoms with E-state index in [1.165, 1.54) is 42.0 Å².